The summed E-state index contributed by atoms with van der Waals surface area (Å²) in [5.74, 6) is -0.204. The molecule has 0 aromatic carbocycles. The number of aliphatic hydroxyl groups excluding tert-OH is 1. The van der Waals surface area contributed by atoms with Crippen LogP contribution in [0, 0.1) is 0 Å². The maximum atomic E-state index is 12.6. The predicted molar refractivity (Wildman–Crippen MR) is 71.1 cm³/mol. The fourth-order valence-corrected chi connectivity index (χ4v) is 1.44. The van der Waals surface area contributed by atoms with E-state index in [2.05, 4.69) is 17.4 Å². The van der Waals surface area contributed by atoms with Gasteiger partial charge < -0.3 is 15.4 Å². The summed E-state index contributed by atoms with van der Waals surface area (Å²) < 4.78 is 12.6. The first kappa shape index (κ1) is 15.1. The van der Waals surface area contributed by atoms with Gasteiger partial charge in [0.2, 0.25) is 5.78 Å². The molecule has 0 fully saturated rings. The number of nitrogens with zero attached hydrogens (tertiary/aromatic N) is 1. The van der Waals surface area contributed by atoms with Crippen LogP contribution in [0.1, 0.15) is 6.92 Å². The Hall–Kier alpha value is -1.92. The molecule has 0 spiro atoms. The Morgan fingerprint density at radius 3 is 2.84 bits per heavy atom. The molecule has 1 heterocycles. The molecular weight excluding hydrogens is 249 g/mol. The number of carbonyl (C=O) groups is 1. The van der Waals surface area contributed by atoms with Gasteiger partial charge in [-0.25, -0.2) is 9.82 Å². The second kappa shape index (κ2) is 6.86. The van der Waals surface area contributed by atoms with Gasteiger partial charge in [0.05, 0.1) is 5.83 Å². The molecule has 1 aliphatic heterocycles. The molecule has 0 saturated carbocycles. The first-order chi connectivity index (χ1) is 8.93. The van der Waals surface area contributed by atoms with Crippen molar-refractivity contribution in [3.63, 3.8) is 0 Å². The molecule has 6 heteroatoms. The number of hydrogen-bond acceptors (Lipinski definition) is 5. The highest BCUT2D eigenvalue weighted by Crippen LogP contribution is 2.08. The van der Waals surface area contributed by atoms with E-state index in [1.54, 1.807) is 24.1 Å². The minimum absolute atomic E-state index is 0.294. The SMILES string of the molecule is C=C/C(=C\C=C(/C)F)CN(C)C1=CC(=O)C(O)NN1. The summed E-state index contributed by atoms with van der Waals surface area (Å²) in [7, 11) is 1.76. The maximum Gasteiger partial charge on any atom is 0.204 e. The van der Waals surface area contributed by atoms with Crippen LogP contribution in [0.2, 0.25) is 0 Å². The molecule has 1 aliphatic rings. The predicted octanol–water partition coefficient (Wildman–Crippen LogP) is 0.741. The number of allylic oxidation sites excluding steroid dienone is 3. The van der Waals surface area contributed by atoms with Crippen molar-refractivity contribution in [2.45, 2.75) is 13.2 Å². The number of aliphatic hydroxyl groups is 1. The van der Waals surface area contributed by atoms with Crippen LogP contribution in [0.15, 0.2) is 48.1 Å². The van der Waals surface area contributed by atoms with Crippen molar-refractivity contribution in [2.24, 2.45) is 0 Å². The van der Waals surface area contributed by atoms with Gasteiger partial charge in [0.1, 0.15) is 5.82 Å². The van der Waals surface area contributed by atoms with Crippen LogP contribution in [0.4, 0.5) is 4.39 Å². The lowest BCUT2D eigenvalue weighted by Gasteiger charge is -2.28. The van der Waals surface area contributed by atoms with Gasteiger partial charge in [0.15, 0.2) is 6.23 Å². The summed E-state index contributed by atoms with van der Waals surface area (Å²) in [4.78, 5) is 13.1. The summed E-state index contributed by atoms with van der Waals surface area (Å²) in [6.07, 6.45) is 4.65. The van der Waals surface area contributed by atoms with E-state index in [1.165, 1.54) is 19.1 Å². The van der Waals surface area contributed by atoms with E-state index >= 15 is 0 Å². The van der Waals surface area contributed by atoms with E-state index in [0.29, 0.717) is 12.4 Å². The topological polar surface area (TPSA) is 64.6 Å². The Bertz CT molecular complexity index is 451. The first-order valence-corrected chi connectivity index (χ1v) is 5.75. The fraction of sp³-hybridized carbons (Fsp3) is 0.308. The largest absolute Gasteiger partial charge is 0.370 e. The summed E-state index contributed by atoms with van der Waals surface area (Å²) in [5.41, 5.74) is 5.93. The summed E-state index contributed by atoms with van der Waals surface area (Å²) >= 11 is 0. The highest BCUT2D eigenvalue weighted by molar-refractivity contribution is 5.94. The van der Waals surface area contributed by atoms with Crippen molar-refractivity contribution < 1.29 is 14.3 Å². The number of likely N-dealkylation sites (N-methyl/N-ethyl adjacent to an activating group) is 1. The molecule has 0 aliphatic carbocycles. The van der Waals surface area contributed by atoms with Gasteiger partial charge in [-0.15, -0.1) is 0 Å². The first-order valence-electron chi connectivity index (χ1n) is 5.75. The van der Waals surface area contributed by atoms with E-state index in [-0.39, 0.29) is 5.83 Å². The van der Waals surface area contributed by atoms with Crippen molar-refractivity contribution in [2.75, 3.05) is 13.6 Å². The molecule has 0 aromatic heterocycles. The van der Waals surface area contributed by atoms with Crippen molar-refractivity contribution in [1.29, 1.82) is 0 Å². The second-order valence-corrected chi connectivity index (χ2v) is 4.16. The molecule has 104 valence electrons. The Kier molecular flexibility index (Phi) is 5.47. The number of hydrogen-bond donors (Lipinski definition) is 3. The molecule has 3 N–H and O–H groups in total. The summed E-state index contributed by atoms with van der Waals surface area (Å²) in [6.45, 7) is 5.45. The van der Waals surface area contributed by atoms with E-state index in [1.807, 2.05) is 0 Å². The van der Waals surface area contributed by atoms with Crippen LogP contribution in [0.25, 0.3) is 0 Å². The van der Waals surface area contributed by atoms with Gasteiger partial charge in [-0.1, -0.05) is 18.7 Å². The van der Waals surface area contributed by atoms with Crippen LogP contribution in [-0.4, -0.2) is 35.6 Å². The molecule has 0 amide bonds. The molecule has 5 nitrogen and oxygen atoms in total. The molecule has 19 heavy (non-hydrogen) atoms. The van der Waals surface area contributed by atoms with Gasteiger partial charge in [-0.2, -0.15) is 0 Å². The normalized spacial score (nSPS) is 20.7. The molecule has 0 saturated heterocycles. The average Bonchev–Trinajstić information content (AvgIpc) is 2.37. The third-order valence-electron chi connectivity index (χ3n) is 2.51. The molecule has 0 radical (unpaired) electrons. The Balaban J connectivity index is 2.73. The monoisotopic (exact) mass is 267 g/mol. The van der Waals surface area contributed by atoms with Gasteiger partial charge in [-0.3, -0.25) is 4.79 Å². The third-order valence-corrected chi connectivity index (χ3v) is 2.51. The Labute approximate surface area is 111 Å². The zero-order valence-electron chi connectivity index (χ0n) is 11.0. The average molecular weight is 267 g/mol. The quantitative estimate of drug-likeness (QED) is 0.641. The molecule has 1 unspecified atom stereocenters. The number of halogens is 1. The highest BCUT2D eigenvalue weighted by Gasteiger charge is 2.20. The van der Waals surface area contributed by atoms with Crippen molar-refractivity contribution in [1.82, 2.24) is 15.8 Å². The third kappa shape index (κ3) is 4.69. The number of carbonyl (C=O) groups excluding carboxylic acids is 1. The lowest BCUT2D eigenvalue weighted by molar-refractivity contribution is -0.125. The standard InChI is InChI=1S/C13H18FN3O2/c1-4-10(6-5-9(2)14)8-17(3)12-7-11(18)13(19)16-15-12/h4-7,13,15-16,19H,1,8H2,2-3H3/b9-5+,10-6+. The van der Waals surface area contributed by atoms with Crippen LogP contribution >= 0.6 is 0 Å². The number of rotatable bonds is 5. The Morgan fingerprint density at radius 1 is 1.63 bits per heavy atom. The van der Waals surface area contributed by atoms with Gasteiger partial charge in [0, 0.05) is 19.7 Å². The maximum absolute atomic E-state index is 12.6. The molecular formula is C13H18FN3O2. The number of hydrazine groups is 1. The zero-order valence-corrected chi connectivity index (χ0v) is 11.0. The minimum atomic E-state index is -1.23. The summed E-state index contributed by atoms with van der Waals surface area (Å²) in [5, 5.41) is 9.19. The van der Waals surface area contributed by atoms with Crippen molar-refractivity contribution >= 4 is 5.78 Å². The van der Waals surface area contributed by atoms with Crippen molar-refractivity contribution in [3.05, 3.63) is 48.1 Å². The van der Waals surface area contributed by atoms with Crippen LogP contribution in [0.5, 0.6) is 0 Å². The lowest BCUT2D eigenvalue weighted by atomic mass is 10.2. The van der Waals surface area contributed by atoms with Crippen LogP contribution in [-0.2, 0) is 4.79 Å². The fourth-order valence-electron chi connectivity index (χ4n) is 1.44. The highest BCUT2D eigenvalue weighted by atomic mass is 19.1. The minimum Gasteiger partial charge on any atom is -0.370 e. The van der Waals surface area contributed by atoms with Gasteiger partial charge >= 0.3 is 0 Å². The second-order valence-electron chi connectivity index (χ2n) is 4.16. The van der Waals surface area contributed by atoms with Gasteiger partial charge in [-0.05, 0) is 18.6 Å². The van der Waals surface area contributed by atoms with E-state index < -0.39 is 12.0 Å². The van der Waals surface area contributed by atoms with Gasteiger partial charge in [0.25, 0.3) is 0 Å². The zero-order chi connectivity index (χ0) is 14.4. The van der Waals surface area contributed by atoms with Crippen LogP contribution in [0.3, 0.4) is 0 Å². The van der Waals surface area contributed by atoms with Crippen molar-refractivity contribution in [3.8, 4) is 0 Å². The lowest BCUT2D eigenvalue weighted by Crippen LogP contribution is -2.51. The Morgan fingerprint density at radius 2 is 2.32 bits per heavy atom. The molecule has 1 atom stereocenters. The number of ketones is 1. The van der Waals surface area contributed by atoms with E-state index in [9.17, 15) is 14.3 Å². The summed E-state index contributed by atoms with van der Waals surface area (Å²) in [6, 6.07) is 0. The smallest absolute Gasteiger partial charge is 0.204 e. The van der Waals surface area contributed by atoms with E-state index in [0.717, 1.165) is 5.57 Å². The van der Waals surface area contributed by atoms with E-state index in [4.69, 9.17) is 0 Å². The van der Waals surface area contributed by atoms with Crippen LogP contribution < -0.4 is 10.9 Å². The molecule has 0 bridgehead atoms. The molecule has 1 rings (SSSR count). The number of nitrogens with one attached hydrogen (secondary N) is 2. The molecule has 0 aromatic rings.